The third-order valence-electron chi connectivity index (χ3n) is 2.30. The molecule has 1 N–H and O–H groups in total. The van der Waals surface area contributed by atoms with Gasteiger partial charge in [-0.15, -0.1) is 0 Å². The second-order valence-electron chi connectivity index (χ2n) is 3.73. The number of carbonyl (C=O) groups is 1. The van der Waals surface area contributed by atoms with Gasteiger partial charge in [0, 0.05) is 16.9 Å². The molecule has 0 unspecified atom stereocenters. The first-order valence-electron chi connectivity index (χ1n) is 5.22. The van der Waals surface area contributed by atoms with Crippen molar-refractivity contribution >= 4 is 50.9 Å². The summed E-state index contributed by atoms with van der Waals surface area (Å²) in [6, 6.07) is 3.19. The number of hydrogen-bond donors (Lipinski definition) is 1. The highest BCUT2D eigenvalue weighted by Gasteiger charge is 2.12. The van der Waals surface area contributed by atoms with Crippen LogP contribution in [-0.4, -0.2) is 15.9 Å². The Morgan fingerprint density at radius 3 is 2.68 bits per heavy atom. The lowest BCUT2D eigenvalue weighted by molar-refractivity contribution is 0.102. The van der Waals surface area contributed by atoms with E-state index >= 15 is 0 Å². The predicted molar refractivity (Wildman–Crippen MR) is 78.9 cm³/mol. The highest BCUT2D eigenvalue weighted by Crippen LogP contribution is 2.26. The Kier molecular flexibility index (Phi) is 4.39. The van der Waals surface area contributed by atoms with Crippen LogP contribution in [-0.2, 0) is 0 Å². The standard InChI is InChI=1S/C12H8BrCl2N3O/c1-6-9(14)3-10(15)11(17-6)18-12(19)7-2-8(13)5-16-4-7/h2-5H,1H3,(H,17,18,19). The van der Waals surface area contributed by atoms with E-state index in [1.165, 1.54) is 6.20 Å². The van der Waals surface area contributed by atoms with Crippen molar-refractivity contribution < 1.29 is 4.79 Å². The van der Waals surface area contributed by atoms with Gasteiger partial charge in [0.1, 0.15) is 0 Å². The topological polar surface area (TPSA) is 54.9 Å². The van der Waals surface area contributed by atoms with Crippen molar-refractivity contribution in [2.45, 2.75) is 6.92 Å². The summed E-state index contributed by atoms with van der Waals surface area (Å²) in [5.74, 6) is -0.0709. The number of aryl methyl sites for hydroxylation is 1. The second kappa shape index (κ2) is 5.86. The molecule has 0 saturated carbocycles. The van der Waals surface area contributed by atoms with Crippen molar-refractivity contribution in [1.82, 2.24) is 9.97 Å². The molecule has 2 aromatic heterocycles. The zero-order valence-electron chi connectivity index (χ0n) is 9.75. The second-order valence-corrected chi connectivity index (χ2v) is 5.46. The van der Waals surface area contributed by atoms with E-state index in [9.17, 15) is 4.79 Å². The summed E-state index contributed by atoms with van der Waals surface area (Å²) in [6.07, 6.45) is 3.05. The molecule has 0 radical (unpaired) electrons. The maximum atomic E-state index is 12.0. The van der Waals surface area contributed by atoms with Crippen LogP contribution in [0.4, 0.5) is 5.82 Å². The Morgan fingerprint density at radius 2 is 2.00 bits per heavy atom. The molecule has 0 aliphatic rings. The van der Waals surface area contributed by atoms with E-state index in [4.69, 9.17) is 23.2 Å². The van der Waals surface area contributed by atoms with Crippen LogP contribution in [0.15, 0.2) is 29.0 Å². The Balaban J connectivity index is 2.27. The van der Waals surface area contributed by atoms with Crippen LogP contribution in [0.2, 0.25) is 10.0 Å². The minimum absolute atomic E-state index is 0.272. The maximum Gasteiger partial charge on any atom is 0.258 e. The molecule has 0 aliphatic heterocycles. The molecule has 2 aromatic rings. The van der Waals surface area contributed by atoms with Crippen molar-refractivity contribution in [2.24, 2.45) is 0 Å². The molecule has 2 heterocycles. The van der Waals surface area contributed by atoms with Gasteiger partial charge in [-0.25, -0.2) is 4.98 Å². The fourth-order valence-corrected chi connectivity index (χ4v) is 2.13. The van der Waals surface area contributed by atoms with Crippen LogP contribution in [0.3, 0.4) is 0 Å². The molecule has 0 saturated heterocycles. The first-order valence-corrected chi connectivity index (χ1v) is 6.77. The summed E-state index contributed by atoms with van der Waals surface area (Å²) in [6.45, 7) is 1.73. The molecule has 0 bridgehead atoms. The Hall–Kier alpha value is -1.17. The van der Waals surface area contributed by atoms with Gasteiger partial charge in [-0.05, 0) is 35.0 Å². The molecule has 0 spiro atoms. The molecule has 0 atom stereocenters. The van der Waals surface area contributed by atoms with E-state index < -0.39 is 0 Å². The Labute approximate surface area is 128 Å². The van der Waals surface area contributed by atoms with E-state index in [0.717, 1.165) is 0 Å². The zero-order valence-corrected chi connectivity index (χ0v) is 12.8. The number of anilines is 1. The molecule has 1 amide bonds. The van der Waals surface area contributed by atoms with Crippen LogP contribution in [0, 0.1) is 6.92 Å². The first kappa shape index (κ1) is 14.2. The number of aromatic nitrogens is 2. The van der Waals surface area contributed by atoms with Gasteiger partial charge in [-0.2, -0.15) is 0 Å². The van der Waals surface area contributed by atoms with Crippen LogP contribution in [0.25, 0.3) is 0 Å². The van der Waals surface area contributed by atoms with Crippen LogP contribution < -0.4 is 5.32 Å². The van der Waals surface area contributed by atoms with Crippen LogP contribution in [0.1, 0.15) is 16.1 Å². The van der Waals surface area contributed by atoms with Crippen LogP contribution >= 0.6 is 39.1 Å². The number of amides is 1. The average molecular weight is 361 g/mol. The monoisotopic (exact) mass is 359 g/mol. The maximum absolute atomic E-state index is 12.0. The molecule has 19 heavy (non-hydrogen) atoms. The summed E-state index contributed by atoms with van der Waals surface area (Å²) in [4.78, 5) is 20.1. The van der Waals surface area contributed by atoms with Gasteiger partial charge in [-0.1, -0.05) is 23.2 Å². The van der Waals surface area contributed by atoms with E-state index in [0.29, 0.717) is 20.8 Å². The molecular weight excluding hydrogens is 353 g/mol. The molecule has 0 fully saturated rings. The molecule has 7 heteroatoms. The van der Waals surface area contributed by atoms with Gasteiger partial charge in [0.25, 0.3) is 5.91 Å². The van der Waals surface area contributed by atoms with E-state index in [2.05, 4.69) is 31.2 Å². The van der Waals surface area contributed by atoms with Gasteiger partial charge in [-0.3, -0.25) is 9.78 Å². The lowest BCUT2D eigenvalue weighted by atomic mass is 10.2. The number of nitrogens with zero attached hydrogens (tertiary/aromatic N) is 2. The number of nitrogens with one attached hydrogen (secondary N) is 1. The Bertz CT molecular complexity index is 649. The van der Waals surface area contributed by atoms with Crippen molar-refractivity contribution in [2.75, 3.05) is 5.32 Å². The number of hydrogen-bond acceptors (Lipinski definition) is 3. The van der Waals surface area contributed by atoms with Gasteiger partial charge < -0.3 is 5.32 Å². The van der Waals surface area contributed by atoms with Crippen molar-refractivity contribution in [3.63, 3.8) is 0 Å². The largest absolute Gasteiger partial charge is 0.305 e. The molecule has 2 rings (SSSR count). The zero-order chi connectivity index (χ0) is 14.0. The third-order valence-corrected chi connectivity index (χ3v) is 3.41. The molecule has 0 aliphatic carbocycles. The lowest BCUT2D eigenvalue weighted by Crippen LogP contribution is -2.14. The normalized spacial score (nSPS) is 10.3. The highest BCUT2D eigenvalue weighted by molar-refractivity contribution is 9.10. The van der Waals surface area contributed by atoms with Crippen molar-refractivity contribution in [3.05, 3.63) is 50.3 Å². The van der Waals surface area contributed by atoms with Crippen molar-refractivity contribution in [3.8, 4) is 0 Å². The summed E-state index contributed by atoms with van der Waals surface area (Å²) >= 11 is 15.1. The fourth-order valence-electron chi connectivity index (χ4n) is 1.36. The number of pyridine rings is 2. The molecule has 4 nitrogen and oxygen atoms in total. The summed E-state index contributed by atoms with van der Waals surface area (Å²) < 4.78 is 0.714. The van der Waals surface area contributed by atoms with E-state index in [-0.39, 0.29) is 16.7 Å². The molecular formula is C12H8BrCl2N3O. The highest BCUT2D eigenvalue weighted by atomic mass is 79.9. The average Bonchev–Trinajstić information content (AvgIpc) is 2.36. The number of halogens is 3. The third kappa shape index (κ3) is 3.43. The van der Waals surface area contributed by atoms with Gasteiger partial charge in [0.15, 0.2) is 5.82 Å². The first-order chi connectivity index (χ1) is 8.97. The van der Waals surface area contributed by atoms with Crippen LogP contribution in [0.5, 0.6) is 0 Å². The molecule has 0 aromatic carbocycles. The van der Waals surface area contributed by atoms with Gasteiger partial charge in [0.2, 0.25) is 0 Å². The fraction of sp³-hybridized carbons (Fsp3) is 0.0833. The quantitative estimate of drug-likeness (QED) is 0.876. The minimum atomic E-state index is -0.343. The SMILES string of the molecule is Cc1nc(NC(=O)c2cncc(Br)c2)c(Cl)cc1Cl. The van der Waals surface area contributed by atoms with Crippen molar-refractivity contribution in [1.29, 1.82) is 0 Å². The summed E-state index contributed by atoms with van der Waals surface area (Å²) in [5.41, 5.74) is 0.994. The smallest absolute Gasteiger partial charge is 0.258 e. The van der Waals surface area contributed by atoms with E-state index in [1.807, 2.05) is 0 Å². The number of carbonyl (C=O) groups excluding carboxylic acids is 1. The van der Waals surface area contributed by atoms with E-state index in [1.54, 1.807) is 25.3 Å². The minimum Gasteiger partial charge on any atom is -0.305 e. The lowest BCUT2D eigenvalue weighted by Gasteiger charge is -2.08. The summed E-state index contributed by atoms with van der Waals surface area (Å²) in [7, 11) is 0. The predicted octanol–water partition coefficient (Wildman–Crippen LogP) is 4.11. The Morgan fingerprint density at radius 1 is 1.26 bits per heavy atom. The van der Waals surface area contributed by atoms with Gasteiger partial charge in [0.05, 0.1) is 21.3 Å². The number of rotatable bonds is 2. The molecule has 98 valence electrons. The summed E-state index contributed by atoms with van der Waals surface area (Å²) in [5, 5.41) is 3.36. The van der Waals surface area contributed by atoms with Gasteiger partial charge >= 0.3 is 0 Å².